The van der Waals surface area contributed by atoms with Crippen LogP contribution in [0.5, 0.6) is 0 Å². The quantitative estimate of drug-likeness (QED) is 0.558. The standard InChI is InChI=1S/C15H16INO4/c1-10-9-13(18)17(15(10)20)21-14(19)4-2-3-11-5-7-12(16)8-6-11/h5-8,10H,2-4,9H2,1H3/i16+4. The van der Waals surface area contributed by atoms with Gasteiger partial charge in [-0.25, -0.2) is 4.79 Å². The van der Waals surface area contributed by atoms with Gasteiger partial charge in [-0.15, -0.1) is 5.06 Å². The lowest BCUT2D eigenvalue weighted by Gasteiger charge is -2.13. The first kappa shape index (κ1) is 15.9. The Hall–Kier alpha value is -1.44. The average molecular weight is 405 g/mol. The molecule has 1 fully saturated rings. The molecule has 1 aliphatic heterocycles. The molecule has 1 aromatic rings. The molecule has 1 atom stereocenters. The van der Waals surface area contributed by atoms with Gasteiger partial charge in [-0.05, 0) is 53.1 Å². The topological polar surface area (TPSA) is 63.7 Å². The number of rotatable bonds is 5. The molecule has 0 aromatic heterocycles. The Balaban J connectivity index is 1.76. The lowest BCUT2D eigenvalue weighted by Crippen LogP contribution is -2.33. The fourth-order valence-electron chi connectivity index (χ4n) is 2.09. The SMILES string of the molecule is CC1CC(=O)N(OC(=O)CCCc2ccc([131I])cc2)C1=O. The molecular formula is C15H16INO4. The number of benzene rings is 1. The fraction of sp³-hybridized carbons (Fsp3) is 0.400. The van der Waals surface area contributed by atoms with E-state index >= 15 is 0 Å². The summed E-state index contributed by atoms with van der Waals surface area (Å²) in [5.74, 6) is -1.84. The Bertz CT molecular complexity index is 555. The number of hydroxylamine groups is 2. The molecule has 5 nitrogen and oxygen atoms in total. The van der Waals surface area contributed by atoms with Gasteiger partial charge in [-0.1, -0.05) is 19.1 Å². The summed E-state index contributed by atoms with van der Waals surface area (Å²) in [6.45, 7) is 1.64. The van der Waals surface area contributed by atoms with E-state index in [2.05, 4.69) is 22.6 Å². The van der Waals surface area contributed by atoms with Gasteiger partial charge in [0.2, 0.25) is 0 Å². The third kappa shape index (κ3) is 4.26. The molecule has 2 amide bonds. The normalized spacial score (nSPS) is 18.2. The Morgan fingerprint density at radius 1 is 1.33 bits per heavy atom. The Labute approximate surface area is 136 Å². The Kier molecular flexibility index (Phi) is 5.33. The molecule has 1 aliphatic rings. The molecule has 2 rings (SSSR count). The second-order valence-electron chi connectivity index (χ2n) is 5.07. The van der Waals surface area contributed by atoms with Crippen molar-refractivity contribution in [3.8, 4) is 0 Å². The van der Waals surface area contributed by atoms with Crippen molar-refractivity contribution < 1.29 is 19.2 Å². The molecule has 21 heavy (non-hydrogen) atoms. The van der Waals surface area contributed by atoms with Crippen molar-refractivity contribution in [2.24, 2.45) is 5.92 Å². The summed E-state index contributed by atoms with van der Waals surface area (Å²) in [6.07, 6.45) is 1.65. The van der Waals surface area contributed by atoms with Gasteiger partial charge in [-0.3, -0.25) is 9.59 Å². The van der Waals surface area contributed by atoms with Gasteiger partial charge in [0.05, 0.1) is 0 Å². The van der Waals surface area contributed by atoms with E-state index in [4.69, 9.17) is 4.84 Å². The van der Waals surface area contributed by atoms with Crippen LogP contribution in [0.4, 0.5) is 0 Å². The monoisotopic (exact) mass is 405 g/mol. The van der Waals surface area contributed by atoms with Gasteiger partial charge in [0.25, 0.3) is 11.8 Å². The summed E-state index contributed by atoms with van der Waals surface area (Å²) in [6, 6.07) is 8.05. The smallest absolute Gasteiger partial charge is 0.330 e. The highest BCUT2D eigenvalue weighted by Crippen LogP contribution is 2.19. The molecule has 112 valence electrons. The van der Waals surface area contributed by atoms with Gasteiger partial charge in [-0.2, -0.15) is 0 Å². The van der Waals surface area contributed by atoms with Crippen molar-refractivity contribution in [3.05, 3.63) is 33.4 Å². The molecule has 1 unspecified atom stereocenters. The van der Waals surface area contributed by atoms with Crippen LogP contribution < -0.4 is 0 Å². The highest BCUT2D eigenvalue weighted by molar-refractivity contribution is 14.1. The van der Waals surface area contributed by atoms with Crippen molar-refractivity contribution in [1.82, 2.24) is 5.06 Å². The summed E-state index contributed by atoms with van der Waals surface area (Å²) < 4.78 is 1.16. The van der Waals surface area contributed by atoms with Gasteiger partial charge in [0.1, 0.15) is 0 Å². The summed E-state index contributed by atoms with van der Waals surface area (Å²) in [7, 11) is 0. The molecule has 1 aromatic carbocycles. The van der Waals surface area contributed by atoms with Crippen LogP contribution in [0.25, 0.3) is 0 Å². The largest absolute Gasteiger partial charge is 0.333 e. The maximum absolute atomic E-state index is 11.7. The number of hydrogen-bond acceptors (Lipinski definition) is 4. The number of aryl methyl sites for hydroxylation is 1. The summed E-state index contributed by atoms with van der Waals surface area (Å²) in [4.78, 5) is 39.6. The van der Waals surface area contributed by atoms with Crippen molar-refractivity contribution in [2.45, 2.75) is 32.6 Å². The van der Waals surface area contributed by atoms with E-state index in [1.165, 1.54) is 0 Å². The lowest BCUT2D eigenvalue weighted by atomic mass is 10.1. The van der Waals surface area contributed by atoms with Crippen LogP contribution in [0.1, 0.15) is 31.7 Å². The van der Waals surface area contributed by atoms with Crippen molar-refractivity contribution in [1.29, 1.82) is 0 Å². The zero-order chi connectivity index (χ0) is 15.4. The summed E-state index contributed by atoms with van der Waals surface area (Å²) in [5, 5.41) is 0.609. The first-order valence-electron chi connectivity index (χ1n) is 6.79. The molecule has 0 saturated carbocycles. The number of amides is 2. The second kappa shape index (κ2) is 7.02. The number of nitrogens with zero attached hydrogens (tertiary/aromatic N) is 1. The van der Waals surface area contributed by atoms with Crippen molar-refractivity contribution >= 4 is 40.4 Å². The highest BCUT2D eigenvalue weighted by Gasteiger charge is 2.38. The minimum Gasteiger partial charge on any atom is -0.330 e. The van der Waals surface area contributed by atoms with Crippen LogP contribution in [0.2, 0.25) is 0 Å². The van der Waals surface area contributed by atoms with E-state index in [-0.39, 0.29) is 12.8 Å². The third-order valence-electron chi connectivity index (χ3n) is 3.28. The van der Waals surface area contributed by atoms with E-state index in [0.29, 0.717) is 11.5 Å². The van der Waals surface area contributed by atoms with Gasteiger partial charge >= 0.3 is 5.97 Å². The van der Waals surface area contributed by atoms with E-state index in [0.717, 1.165) is 15.6 Å². The third-order valence-corrected chi connectivity index (χ3v) is 4.00. The van der Waals surface area contributed by atoms with Crippen molar-refractivity contribution in [2.75, 3.05) is 0 Å². The number of halogens is 1. The van der Waals surface area contributed by atoms with Crippen LogP contribution in [-0.2, 0) is 25.6 Å². The van der Waals surface area contributed by atoms with Gasteiger partial charge in [0, 0.05) is 22.3 Å². The minimum atomic E-state index is -0.545. The highest BCUT2D eigenvalue weighted by atomic mass is 131. The van der Waals surface area contributed by atoms with Gasteiger partial charge < -0.3 is 4.84 Å². The van der Waals surface area contributed by atoms with Crippen LogP contribution in [-0.4, -0.2) is 22.8 Å². The maximum atomic E-state index is 11.7. The molecule has 1 heterocycles. The van der Waals surface area contributed by atoms with Crippen LogP contribution in [0, 0.1) is 9.49 Å². The first-order chi connectivity index (χ1) is 9.97. The molecule has 0 radical (unpaired) electrons. The Morgan fingerprint density at radius 3 is 2.57 bits per heavy atom. The molecule has 0 bridgehead atoms. The number of hydrogen-bond donors (Lipinski definition) is 0. The number of carbonyl (C=O) groups is 3. The second-order valence-corrected chi connectivity index (χ2v) is 6.32. The van der Waals surface area contributed by atoms with E-state index in [1.807, 2.05) is 24.3 Å². The lowest BCUT2D eigenvalue weighted by molar-refractivity contribution is -0.198. The maximum Gasteiger partial charge on any atom is 0.333 e. The molecular weight excluding hydrogens is 389 g/mol. The summed E-state index contributed by atoms with van der Waals surface area (Å²) in [5.41, 5.74) is 1.14. The van der Waals surface area contributed by atoms with E-state index in [1.54, 1.807) is 6.92 Å². The zero-order valence-electron chi connectivity index (χ0n) is 11.7. The predicted octanol–water partition coefficient (Wildman–Crippen LogP) is 2.47. The number of imide groups is 1. The molecule has 0 spiro atoms. The first-order valence-corrected chi connectivity index (χ1v) is 7.87. The van der Waals surface area contributed by atoms with E-state index < -0.39 is 23.7 Å². The van der Waals surface area contributed by atoms with Crippen LogP contribution >= 0.6 is 22.6 Å². The predicted molar refractivity (Wildman–Crippen MR) is 83.8 cm³/mol. The van der Waals surface area contributed by atoms with Crippen LogP contribution in [0.3, 0.4) is 0 Å². The van der Waals surface area contributed by atoms with E-state index in [9.17, 15) is 14.4 Å². The Morgan fingerprint density at radius 2 is 2.00 bits per heavy atom. The molecule has 1 saturated heterocycles. The number of carbonyl (C=O) groups excluding carboxylic acids is 3. The van der Waals surface area contributed by atoms with Gasteiger partial charge in [0.15, 0.2) is 0 Å². The van der Waals surface area contributed by atoms with Crippen LogP contribution in [0.15, 0.2) is 24.3 Å². The zero-order valence-corrected chi connectivity index (χ0v) is 13.8. The fourth-order valence-corrected chi connectivity index (χ4v) is 2.45. The molecule has 6 heteroatoms. The summed E-state index contributed by atoms with van der Waals surface area (Å²) >= 11 is 2.23. The van der Waals surface area contributed by atoms with Crippen molar-refractivity contribution in [3.63, 3.8) is 0 Å². The molecule has 0 aliphatic carbocycles. The average Bonchev–Trinajstić information content (AvgIpc) is 2.68. The molecule has 0 N–H and O–H groups in total. The minimum absolute atomic E-state index is 0.106.